The second-order valence-electron chi connectivity index (χ2n) is 6.38. The molecule has 110 valence electrons. The zero-order chi connectivity index (χ0) is 13.8. The second kappa shape index (κ2) is 6.73. The van der Waals surface area contributed by atoms with Crippen LogP contribution in [0.3, 0.4) is 0 Å². The highest BCUT2D eigenvalue weighted by Gasteiger charge is 2.25. The summed E-state index contributed by atoms with van der Waals surface area (Å²) < 4.78 is 5.85. The maximum absolute atomic E-state index is 5.85. The van der Waals surface area contributed by atoms with E-state index in [1.54, 1.807) is 11.1 Å². The van der Waals surface area contributed by atoms with E-state index < -0.39 is 0 Å². The topological polar surface area (TPSA) is 21.3 Å². The van der Waals surface area contributed by atoms with Gasteiger partial charge in [0, 0.05) is 18.7 Å². The first-order chi connectivity index (χ1) is 9.85. The smallest absolute Gasteiger partial charge is 0.0589 e. The van der Waals surface area contributed by atoms with E-state index in [-0.39, 0.29) is 0 Å². The van der Waals surface area contributed by atoms with E-state index in [9.17, 15) is 0 Å². The lowest BCUT2D eigenvalue weighted by molar-refractivity contribution is -0.00526. The van der Waals surface area contributed by atoms with Crippen LogP contribution >= 0.6 is 0 Å². The number of hydrogen-bond acceptors (Lipinski definition) is 2. The Kier molecular flexibility index (Phi) is 4.74. The van der Waals surface area contributed by atoms with Gasteiger partial charge in [-0.05, 0) is 49.7 Å². The van der Waals surface area contributed by atoms with Gasteiger partial charge in [0.2, 0.25) is 0 Å². The molecular formula is C18H27NO. The molecule has 1 N–H and O–H groups in total. The quantitative estimate of drug-likeness (QED) is 0.907. The fourth-order valence-electron chi connectivity index (χ4n) is 3.73. The molecule has 3 unspecified atom stereocenters. The number of benzene rings is 1. The van der Waals surface area contributed by atoms with Gasteiger partial charge in [0.25, 0.3) is 0 Å². The van der Waals surface area contributed by atoms with Crippen LogP contribution < -0.4 is 5.32 Å². The molecule has 3 rings (SSSR count). The fourth-order valence-corrected chi connectivity index (χ4v) is 3.73. The molecule has 0 aromatic heterocycles. The molecule has 20 heavy (non-hydrogen) atoms. The fraction of sp³-hybridized carbons (Fsp3) is 0.667. The molecule has 1 aromatic rings. The highest BCUT2D eigenvalue weighted by molar-refractivity contribution is 5.30. The number of hydrogen-bond donors (Lipinski definition) is 1. The first-order valence-electron chi connectivity index (χ1n) is 8.29. The minimum atomic E-state index is 0.488. The molecule has 2 aliphatic rings. The Balaban J connectivity index is 1.54. The van der Waals surface area contributed by atoms with Crippen LogP contribution in [0, 0.1) is 0 Å². The summed E-state index contributed by atoms with van der Waals surface area (Å²) in [5.41, 5.74) is 3.11. The average Bonchev–Trinajstić information content (AvgIpc) is 2.48. The molecule has 1 aromatic carbocycles. The van der Waals surface area contributed by atoms with Crippen LogP contribution in [0.4, 0.5) is 0 Å². The number of aryl methyl sites for hydroxylation is 1. The molecule has 2 heteroatoms. The van der Waals surface area contributed by atoms with Crippen molar-refractivity contribution in [3.63, 3.8) is 0 Å². The molecule has 0 saturated carbocycles. The third kappa shape index (κ3) is 3.42. The van der Waals surface area contributed by atoms with Crippen molar-refractivity contribution in [2.75, 3.05) is 6.61 Å². The summed E-state index contributed by atoms with van der Waals surface area (Å²) in [5, 5.41) is 3.91. The van der Waals surface area contributed by atoms with Gasteiger partial charge in [-0.15, -0.1) is 0 Å². The maximum Gasteiger partial charge on any atom is 0.0589 e. The summed E-state index contributed by atoms with van der Waals surface area (Å²) in [4.78, 5) is 0. The summed E-state index contributed by atoms with van der Waals surface area (Å²) in [6.45, 7) is 3.18. The minimum absolute atomic E-state index is 0.488. The van der Waals surface area contributed by atoms with Crippen LogP contribution in [0.1, 0.15) is 50.2 Å². The van der Waals surface area contributed by atoms with E-state index in [0.29, 0.717) is 18.2 Å². The van der Waals surface area contributed by atoms with Crippen molar-refractivity contribution < 1.29 is 4.74 Å². The van der Waals surface area contributed by atoms with Gasteiger partial charge in [-0.3, -0.25) is 0 Å². The van der Waals surface area contributed by atoms with Crippen molar-refractivity contribution in [3.8, 4) is 0 Å². The van der Waals surface area contributed by atoms with Crippen molar-refractivity contribution in [2.45, 2.75) is 70.1 Å². The first-order valence-corrected chi connectivity index (χ1v) is 8.29. The standard InChI is InChI=1S/C18H27NO/c1-2-5-18-13-17(10-11-20-18)19-16-9-8-14-6-3-4-7-15(14)12-16/h3-4,6-7,16-19H,2,5,8-13H2,1H3. The molecule has 1 aliphatic carbocycles. The highest BCUT2D eigenvalue weighted by atomic mass is 16.5. The van der Waals surface area contributed by atoms with Crippen LogP contribution in [-0.2, 0) is 17.6 Å². The van der Waals surface area contributed by atoms with Crippen molar-refractivity contribution >= 4 is 0 Å². The highest BCUT2D eigenvalue weighted by Crippen LogP contribution is 2.24. The predicted octanol–water partition coefficient (Wildman–Crippen LogP) is 3.48. The molecule has 3 atom stereocenters. The maximum atomic E-state index is 5.85. The Morgan fingerprint density at radius 3 is 2.85 bits per heavy atom. The third-order valence-corrected chi connectivity index (χ3v) is 4.80. The van der Waals surface area contributed by atoms with Gasteiger partial charge >= 0.3 is 0 Å². The van der Waals surface area contributed by atoms with E-state index in [2.05, 4.69) is 36.5 Å². The molecule has 0 spiro atoms. The number of nitrogens with one attached hydrogen (secondary N) is 1. The lowest BCUT2D eigenvalue weighted by atomic mass is 9.87. The van der Waals surface area contributed by atoms with Gasteiger partial charge < -0.3 is 10.1 Å². The Hall–Kier alpha value is -0.860. The summed E-state index contributed by atoms with van der Waals surface area (Å²) in [6, 6.07) is 10.3. The first kappa shape index (κ1) is 14.1. The molecule has 1 heterocycles. The molecule has 1 saturated heterocycles. The summed E-state index contributed by atoms with van der Waals surface area (Å²) in [5.74, 6) is 0. The van der Waals surface area contributed by atoms with E-state index >= 15 is 0 Å². The normalized spacial score (nSPS) is 29.9. The van der Waals surface area contributed by atoms with E-state index in [0.717, 1.165) is 6.61 Å². The van der Waals surface area contributed by atoms with Gasteiger partial charge in [-0.2, -0.15) is 0 Å². The Bertz CT molecular complexity index is 429. The zero-order valence-electron chi connectivity index (χ0n) is 12.6. The molecule has 0 amide bonds. The molecule has 0 bridgehead atoms. The lowest BCUT2D eigenvalue weighted by Crippen LogP contribution is -2.46. The van der Waals surface area contributed by atoms with Crippen LogP contribution in [0.5, 0.6) is 0 Å². The Morgan fingerprint density at radius 1 is 1.15 bits per heavy atom. The van der Waals surface area contributed by atoms with Crippen LogP contribution in [-0.4, -0.2) is 24.8 Å². The van der Waals surface area contributed by atoms with Gasteiger partial charge in [-0.1, -0.05) is 37.6 Å². The SMILES string of the molecule is CCCC1CC(NC2CCc3ccccc3C2)CCO1. The van der Waals surface area contributed by atoms with Gasteiger partial charge in [0.05, 0.1) is 6.10 Å². The zero-order valence-corrected chi connectivity index (χ0v) is 12.6. The average molecular weight is 273 g/mol. The van der Waals surface area contributed by atoms with Gasteiger partial charge in [0.15, 0.2) is 0 Å². The molecule has 0 radical (unpaired) electrons. The monoisotopic (exact) mass is 273 g/mol. The van der Waals surface area contributed by atoms with Crippen molar-refractivity contribution in [3.05, 3.63) is 35.4 Å². The number of fused-ring (bicyclic) bond motifs is 1. The third-order valence-electron chi connectivity index (χ3n) is 4.80. The van der Waals surface area contributed by atoms with E-state index in [4.69, 9.17) is 4.74 Å². The minimum Gasteiger partial charge on any atom is -0.378 e. The lowest BCUT2D eigenvalue weighted by Gasteiger charge is -2.34. The van der Waals surface area contributed by atoms with E-state index in [1.807, 2.05) is 0 Å². The van der Waals surface area contributed by atoms with Gasteiger partial charge in [-0.25, -0.2) is 0 Å². The number of rotatable bonds is 4. The van der Waals surface area contributed by atoms with Crippen molar-refractivity contribution in [1.82, 2.24) is 5.32 Å². The Morgan fingerprint density at radius 2 is 2.00 bits per heavy atom. The summed E-state index contributed by atoms with van der Waals surface area (Å²) >= 11 is 0. The predicted molar refractivity (Wildman–Crippen MR) is 83.1 cm³/mol. The van der Waals surface area contributed by atoms with E-state index in [1.165, 1.54) is 44.9 Å². The van der Waals surface area contributed by atoms with Crippen LogP contribution in [0.2, 0.25) is 0 Å². The number of ether oxygens (including phenoxy) is 1. The van der Waals surface area contributed by atoms with Crippen molar-refractivity contribution in [2.24, 2.45) is 0 Å². The summed E-state index contributed by atoms with van der Waals surface area (Å²) in [7, 11) is 0. The van der Waals surface area contributed by atoms with Crippen LogP contribution in [0.25, 0.3) is 0 Å². The molecule has 1 aliphatic heterocycles. The van der Waals surface area contributed by atoms with Crippen molar-refractivity contribution in [1.29, 1.82) is 0 Å². The molecular weight excluding hydrogens is 246 g/mol. The second-order valence-corrected chi connectivity index (χ2v) is 6.38. The summed E-state index contributed by atoms with van der Waals surface area (Å²) in [6.07, 6.45) is 9.03. The van der Waals surface area contributed by atoms with Crippen LogP contribution in [0.15, 0.2) is 24.3 Å². The largest absolute Gasteiger partial charge is 0.378 e. The molecule has 1 fully saturated rings. The Labute approximate surface area is 122 Å². The molecule has 2 nitrogen and oxygen atoms in total. The van der Waals surface area contributed by atoms with Gasteiger partial charge in [0.1, 0.15) is 0 Å².